The molecule has 0 saturated carbocycles. The normalized spacial score (nSPS) is 28.1. The zero-order chi connectivity index (χ0) is 19.4. The lowest BCUT2D eigenvalue weighted by Crippen LogP contribution is -2.59. The van der Waals surface area contributed by atoms with Gasteiger partial charge in [0.1, 0.15) is 30.2 Å². The van der Waals surface area contributed by atoms with Crippen LogP contribution in [0.1, 0.15) is 16.7 Å². The predicted molar refractivity (Wildman–Crippen MR) is 99.7 cm³/mol. The van der Waals surface area contributed by atoms with Crippen molar-refractivity contribution in [2.24, 2.45) is 0 Å². The van der Waals surface area contributed by atoms with Gasteiger partial charge in [0.25, 0.3) is 0 Å². The molecular formula is C21H26O6. The third-order valence-electron chi connectivity index (χ3n) is 5.08. The van der Waals surface area contributed by atoms with E-state index in [9.17, 15) is 20.4 Å². The van der Waals surface area contributed by atoms with Crippen LogP contribution in [0.5, 0.6) is 5.75 Å². The van der Waals surface area contributed by atoms with Gasteiger partial charge in [-0.05, 0) is 35.2 Å². The van der Waals surface area contributed by atoms with E-state index in [-0.39, 0.29) is 0 Å². The first-order valence-corrected chi connectivity index (χ1v) is 9.03. The van der Waals surface area contributed by atoms with Crippen LogP contribution in [0.2, 0.25) is 0 Å². The quantitative estimate of drug-likeness (QED) is 0.593. The molecule has 0 bridgehead atoms. The van der Waals surface area contributed by atoms with Crippen molar-refractivity contribution in [1.29, 1.82) is 0 Å². The summed E-state index contributed by atoms with van der Waals surface area (Å²) < 4.78 is 10.8. The van der Waals surface area contributed by atoms with Crippen LogP contribution in [-0.4, -0.2) is 64.7 Å². The maximum Gasteiger partial charge on any atom is 0.118 e. The topological polar surface area (TPSA) is 99.4 Å². The molecule has 5 atom stereocenters. The molecule has 0 radical (unpaired) electrons. The van der Waals surface area contributed by atoms with Crippen LogP contribution in [-0.2, 0) is 17.6 Å². The van der Waals surface area contributed by atoms with E-state index in [4.69, 9.17) is 9.47 Å². The minimum absolute atomic E-state index is 0.369. The molecule has 2 aromatic rings. The van der Waals surface area contributed by atoms with Gasteiger partial charge in [-0.2, -0.15) is 0 Å². The highest BCUT2D eigenvalue weighted by Crippen LogP contribution is 2.26. The second kappa shape index (κ2) is 8.82. The first-order chi connectivity index (χ1) is 13.0. The Morgan fingerprint density at radius 3 is 2.11 bits per heavy atom. The van der Waals surface area contributed by atoms with Crippen LogP contribution in [0.3, 0.4) is 0 Å². The largest absolute Gasteiger partial charge is 0.497 e. The number of hydrogen-bond donors (Lipinski definition) is 4. The van der Waals surface area contributed by atoms with Crippen LogP contribution >= 0.6 is 0 Å². The first-order valence-electron chi connectivity index (χ1n) is 9.03. The number of hydrogen-bond acceptors (Lipinski definition) is 6. The highest BCUT2D eigenvalue weighted by molar-refractivity contribution is 5.35. The minimum atomic E-state index is -1.35. The molecule has 0 aromatic heterocycles. The summed E-state index contributed by atoms with van der Waals surface area (Å²) in [6.45, 7) is -0.422. The van der Waals surface area contributed by atoms with E-state index in [0.717, 1.165) is 22.4 Å². The highest BCUT2D eigenvalue weighted by Gasteiger charge is 2.43. The van der Waals surface area contributed by atoms with Gasteiger partial charge >= 0.3 is 0 Å². The number of rotatable bonds is 6. The van der Waals surface area contributed by atoms with Gasteiger partial charge in [0.2, 0.25) is 0 Å². The molecule has 2 aromatic carbocycles. The monoisotopic (exact) mass is 374 g/mol. The third kappa shape index (κ3) is 4.48. The Hall–Kier alpha value is -1.96. The fourth-order valence-electron chi connectivity index (χ4n) is 3.46. The van der Waals surface area contributed by atoms with E-state index in [2.05, 4.69) is 0 Å². The first kappa shape index (κ1) is 19.8. The van der Waals surface area contributed by atoms with Gasteiger partial charge in [-0.25, -0.2) is 0 Å². The third-order valence-corrected chi connectivity index (χ3v) is 5.08. The Morgan fingerprint density at radius 1 is 0.852 bits per heavy atom. The maximum atomic E-state index is 10.3. The van der Waals surface area contributed by atoms with Crippen molar-refractivity contribution in [3.05, 3.63) is 65.2 Å². The zero-order valence-corrected chi connectivity index (χ0v) is 15.2. The molecule has 0 spiro atoms. The standard InChI is InChI=1S/C21H26O6/c1-26-16-8-6-13(7-9-16)10-14-4-2-3-5-15(14)11-17-19(23)21(25)20(24)18(12-22)27-17/h2-9,17-25H,10-12H2,1H3/t17-,18+,19?,20+,21+/m0/s1. The van der Waals surface area contributed by atoms with Gasteiger partial charge in [0, 0.05) is 6.42 Å². The molecule has 3 rings (SSSR count). The molecule has 1 saturated heterocycles. The van der Waals surface area contributed by atoms with E-state index >= 15 is 0 Å². The van der Waals surface area contributed by atoms with Crippen molar-refractivity contribution in [2.45, 2.75) is 43.4 Å². The number of ether oxygens (including phenoxy) is 2. The van der Waals surface area contributed by atoms with Crippen LogP contribution in [0.25, 0.3) is 0 Å². The Balaban J connectivity index is 1.77. The summed E-state index contributed by atoms with van der Waals surface area (Å²) in [7, 11) is 1.63. The highest BCUT2D eigenvalue weighted by atomic mass is 16.5. The number of methoxy groups -OCH3 is 1. The van der Waals surface area contributed by atoms with Gasteiger partial charge in [-0.15, -0.1) is 0 Å². The van der Waals surface area contributed by atoms with E-state index in [1.807, 2.05) is 48.5 Å². The van der Waals surface area contributed by atoms with Gasteiger partial charge < -0.3 is 29.9 Å². The van der Waals surface area contributed by atoms with Crippen molar-refractivity contribution in [1.82, 2.24) is 0 Å². The van der Waals surface area contributed by atoms with Crippen molar-refractivity contribution in [3.8, 4) is 5.75 Å². The molecule has 1 fully saturated rings. The van der Waals surface area contributed by atoms with E-state index in [1.54, 1.807) is 7.11 Å². The summed E-state index contributed by atoms with van der Waals surface area (Å²) >= 11 is 0. The second-order valence-corrected chi connectivity index (χ2v) is 6.87. The van der Waals surface area contributed by atoms with Crippen LogP contribution in [0.15, 0.2) is 48.5 Å². The summed E-state index contributed by atoms with van der Waals surface area (Å²) in [6, 6.07) is 15.7. The Labute approximate surface area is 158 Å². The molecule has 146 valence electrons. The Morgan fingerprint density at radius 2 is 1.48 bits per heavy atom. The van der Waals surface area contributed by atoms with Crippen molar-refractivity contribution in [2.75, 3.05) is 13.7 Å². The minimum Gasteiger partial charge on any atom is -0.497 e. The summed E-state index contributed by atoms with van der Waals surface area (Å²) in [5.41, 5.74) is 3.19. The van der Waals surface area contributed by atoms with E-state index in [0.29, 0.717) is 12.8 Å². The van der Waals surface area contributed by atoms with Crippen LogP contribution in [0.4, 0.5) is 0 Å². The van der Waals surface area contributed by atoms with E-state index in [1.165, 1.54) is 0 Å². The molecule has 6 nitrogen and oxygen atoms in total. The summed E-state index contributed by atoms with van der Waals surface area (Å²) in [6.07, 6.45) is -4.44. The van der Waals surface area contributed by atoms with E-state index < -0.39 is 37.1 Å². The molecule has 1 aliphatic rings. The molecule has 1 aliphatic heterocycles. The fraction of sp³-hybridized carbons (Fsp3) is 0.429. The van der Waals surface area contributed by atoms with Crippen molar-refractivity contribution in [3.63, 3.8) is 0 Å². The van der Waals surface area contributed by atoms with Crippen molar-refractivity contribution < 1.29 is 29.9 Å². The van der Waals surface area contributed by atoms with Gasteiger partial charge in [0.15, 0.2) is 0 Å². The average molecular weight is 374 g/mol. The molecule has 6 heteroatoms. The predicted octanol–water partition coefficient (Wildman–Crippen LogP) is 0.671. The van der Waals surface area contributed by atoms with Crippen molar-refractivity contribution >= 4 is 0 Å². The lowest BCUT2D eigenvalue weighted by atomic mass is 9.89. The Bertz CT molecular complexity index is 730. The maximum absolute atomic E-state index is 10.3. The molecule has 4 N–H and O–H groups in total. The van der Waals surface area contributed by atoms with Crippen LogP contribution < -0.4 is 4.74 Å². The number of aliphatic hydroxyl groups excluding tert-OH is 4. The van der Waals surface area contributed by atoms with Gasteiger partial charge in [-0.3, -0.25) is 0 Å². The summed E-state index contributed by atoms with van der Waals surface area (Å²) in [4.78, 5) is 0. The summed E-state index contributed by atoms with van der Waals surface area (Å²) in [5.74, 6) is 0.799. The lowest BCUT2D eigenvalue weighted by Gasteiger charge is -2.40. The van der Waals surface area contributed by atoms with Crippen LogP contribution in [0, 0.1) is 0 Å². The summed E-state index contributed by atoms with van der Waals surface area (Å²) in [5, 5.41) is 39.6. The lowest BCUT2D eigenvalue weighted by molar-refractivity contribution is -0.228. The molecule has 1 unspecified atom stereocenters. The molecule has 27 heavy (non-hydrogen) atoms. The second-order valence-electron chi connectivity index (χ2n) is 6.87. The Kier molecular flexibility index (Phi) is 6.46. The molecule has 1 heterocycles. The smallest absolute Gasteiger partial charge is 0.118 e. The molecule has 0 amide bonds. The van der Waals surface area contributed by atoms with Gasteiger partial charge in [-0.1, -0.05) is 36.4 Å². The number of aliphatic hydroxyl groups is 4. The van der Waals surface area contributed by atoms with Gasteiger partial charge in [0.05, 0.1) is 19.8 Å². The number of benzene rings is 2. The fourth-order valence-corrected chi connectivity index (χ4v) is 3.46. The molecular weight excluding hydrogens is 348 g/mol. The average Bonchev–Trinajstić information content (AvgIpc) is 2.70. The molecule has 0 aliphatic carbocycles. The SMILES string of the molecule is COc1ccc(Cc2ccccc2C[C@@H]2O[C@H](CO)[C@@H](O)[C@H](O)C2O)cc1. The zero-order valence-electron chi connectivity index (χ0n) is 15.2.